The summed E-state index contributed by atoms with van der Waals surface area (Å²) in [6.07, 6.45) is 5.60. The van der Waals surface area contributed by atoms with Crippen molar-refractivity contribution in [1.82, 2.24) is 9.21 Å². The maximum atomic E-state index is 13.5. The van der Waals surface area contributed by atoms with Crippen LogP contribution in [0.1, 0.15) is 58.4 Å². The minimum atomic E-state index is -3.81. The molecule has 1 heterocycles. The summed E-state index contributed by atoms with van der Waals surface area (Å²) < 4.78 is 34.9. The van der Waals surface area contributed by atoms with Crippen molar-refractivity contribution < 1.29 is 18.3 Å². The van der Waals surface area contributed by atoms with Crippen molar-refractivity contribution in [3.05, 3.63) is 23.8 Å². The highest BCUT2D eigenvalue weighted by Crippen LogP contribution is 2.34. The lowest BCUT2D eigenvalue weighted by Crippen LogP contribution is -2.49. The van der Waals surface area contributed by atoms with Gasteiger partial charge in [-0.3, -0.25) is 0 Å². The lowest BCUT2D eigenvalue weighted by Gasteiger charge is -2.37. The number of likely N-dealkylation sites (N-methyl/N-ethyl adjacent to an activating group) is 1. The maximum Gasteiger partial charge on any atom is 0.247 e. The zero-order valence-corrected chi connectivity index (χ0v) is 20.7. The Morgan fingerprint density at radius 3 is 2.69 bits per heavy atom. The fourth-order valence-corrected chi connectivity index (χ4v) is 6.38. The minimum Gasteiger partial charge on any atom is -0.487 e. The molecule has 0 aromatic heterocycles. The molecule has 0 unspecified atom stereocenters. The third-order valence-corrected chi connectivity index (χ3v) is 8.56. The summed E-state index contributed by atoms with van der Waals surface area (Å²) in [6, 6.07) is 4.65. The van der Waals surface area contributed by atoms with E-state index >= 15 is 0 Å². The van der Waals surface area contributed by atoms with Crippen LogP contribution in [0.5, 0.6) is 5.75 Å². The average molecular weight is 463 g/mol. The van der Waals surface area contributed by atoms with E-state index in [1.54, 1.807) is 25.1 Å². The van der Waals surface area contributed by atoms with Gasteiger partial charge < -0.3 is 14.7 Å². The molecular weight excluding hydrogens is 424 g/mol. The molecule has 0 radical (unpaired) electrons. The molecule has 1 fully saturated rings. The first-order valence-corrected chi connectivity index (χ1v) is 13.3. The van der Waals surface area contributed by atoms with Gasteiger partial charge in [0, 0.05) is 36.5 Å². The Hall–Kier alpha value is -1.59. The number of sulfonamides is 1. The molecule has 178 valence electrons. The zero-order valence-electron chi connectivity index (χ0n) is 19.9. The number of ether oxygens (including phenoxy) is 1. The lowest BCUT2D eigenvalue weighted by atomic mass is 10.0. The predicted octanol–water partition coefficient (Wildman–Crippen LogP) is 3.34. The molecule has 1 N–H and O–H groups in total. The summed E-state index contributed by atoms with van der Waals surface area (Å²) in [6.45, 7) is 7.62. The van der Waals surface area contributed by atoms with Crippen LogP contribution in [0.25, 0.3) is 0 Å². The highest BCUT2D eigenvalue weighted by molar-refractivity contribution is 7.89. The summed E-state index contributed by atoms with van der Waals surface area (Å²) in [4.78, 5) is 2.37. The smallest absolute Gasteiger partial charge is 0.247 e. The molecule has 1 aliphatic heterocycles. The molecule has 0 spiro atoms. The molecule has 32 heavy (non-hydrogen) atoms. The summed E-state index contributed by atoms with van der Waals surface area (Å²) in [5.41, 5.74) is 0.779. The molecule has 2 aliphatic rings. The van der Waals surface area contributed by atoms with Gasteiger partial charge in [-0.2, -0.15) is 4.31 Å². The molecule has 0 amide bonds. The minimum absolute atomic E-state index is 0.0422. The van der Waals surface area contributed by atoms with Crippen molar-refractivity contribution >= 4 is 10.0 Å². The first-order chi connectivity index (χ1) is 15.3. The van der Waals surface area contributed by atoms with Crippen LogP contribution in [0.15, 0.2) is 23.1 Å². The van der Waals surface area contributed by atoms with E-state index in [2.05, 4.69) is 30.7 Å². The van der Waals surface area contributed by atoms with E-state index in [0.717, 1.165) is 31.4 Å². The maximum absolute atomic E-state index is 13.5. The van der Waals surface area contributed by atoms with Crippen molar-refractivity contribution in [2.45, 2.75) is 69.9 Å². The molecule has 1 aromatic carbocycles. The van der Waals surface area contributed by atoms with Gasteiger partial charge in [-0.1, -0.05) is 38.5 Å². The second-order valence-corrected chi connectivity index (χ2v) is 11.3. The summed E-state index contributed by atoms with van der Waals surface area (Å²) in [5, 5.41) is 9.75. The number of fused-ring (bicyclic) bond motifs is 1. The van der Waals surface area contributed by atoms with E-state index in [1.165, 1.54) is 17.1 Å². The van der Waals surface area contributed by atoms with Gasteiger partial charge in [0.2, 0.25) is 10.0 Å². The second kappa shape index (κ2) is 11.0. The molecule has 1 aliphatic carbocycles. The van der Waals surface area contributed by atoms with Gasteiger partial charge in [0.15, 0.2) is 0 Å². The number of nitrogens with zero attached hydrogens (tertiary/aromatic N) is 2. The van der Waals surface area contributed by atoms with Crippen LogP contribution in [0.2, 0.25) is 0 Å². The van der Waals surface area contributed by atoms with Gasteiger partial charge in [-0.15, -0.1) is 0 Å². The Balaban J connectivity index is 2.01. The summed E-state index contributed by atoms with van der Waals surface area (Å²) in [5.74, 6) is 7.34. The van der Waals surface area contributed by atoms with Crippen molar-refractivity contribution in [3.8, 4) is 17.6 Å². The van der Waals surface area contributed by atoms with Crippen molar-refractivity contribution in [1.29, 1.82) is 0 Å². The lowest BCUT2D eigenvalue weighted by molar-refractivity contribution is 0.0752. The third-order valence-electron chi connectivity index (χ3n) is 6.54. The molecule has 3 atom stereocenters. The van der Waals surface area contributed by atoms with E-state index in [9.17, 15) is 13.5 Å². The first kappa shape index (κ1) is 25.0. The highest BCUT2D eigenvalue weighted by atomic mass is 32.2. The fourth-order valence-electron chi connectivity index (χ4n) is 4.56. The standard InChI is InChI=1S/C25H38N2O4S/c1-5-14-26(4)17-24-19(2)16-27(20(3)18-28)32(29,30)25-13-12-22(15-23(25)31-24)11-10-21-8-6-7-9-21/h12-13,15,19-21,24,28H,5-9,14,16-18H2,1-4H3/t19-,20+,24-/m0/s1. The molecule has 3 rings (SSSR count). The van der Waals surface area contributed by atoms with Crippen LogP contribution in [-0.2, 0) is 10.0 Å². The number of rotatable bonds is 6. The topological polar surface area (TPSA) is 70.1 Å². The fraction of sp³-hybridized carbons (Fsp3) is 0.680. The Labute approximate surface area is 194 Å². The van der Waals surface area contributed by atoms with Crippen LogP contribution in [0.4, 0.5) is 0 Å². The van der Waals surface area contributed by atoms with Gasteiger partial charge in [-0.25, -0.2) is 8.42 Å². The van der Waals surface area contributed by atoms with E-state index in [-0.39, 0.29) is 23.5 Å². The van der Waals surface area contributed by atoms with E-state index < -0.39 is 16.1 Å². The monoisotopic (exact) mass is 462 g/mol. The van der Waals surface area contributed by atoms with Crippen LogP contribution in [-0.4, -0.2) is 68.2 Å². The van der Waals surface area contributed by atoms with Crippen molar-refractivity contribution in [2.24, 2.45) is 11.8 Å². The highest BCUT2D eigenvalue weighted by Gasteiger charge is 2.38. The zero-order chi connectivity index (χ0) is 23.3. The van der Waals surface area contributed by atoms with Gasteiger partial charge in [0.1, 0.15) is 16.7 Å². The van der Waals surface area contributed by atoms with E-state index in [1.807, 2.05) is 6.92 Å². The summed E-state index contributed by atoms with van der Waals surface area (Å²) in [7, 11) is -1.75. The number of aliphatic hydroxyl groups is 1. The van der Waals surface area contributed by atoms with Gasteiger partial charge in [0.25, 0.3) is 0 Å². The Bertz CT molecular complexity index is 931. The molecule has 7 heteroatoms. The number of hydrogen-bond acceptors (Lipinski definition) is 5. The SMILES string of the molecule is CCCN(C)C[C@@H]1Oc2cc(C#CC3CCCC3)ccc2S(=O)(=O)N([C@H](C)CO)C[C@@H]1C. The molecule has 1 aromatic rings. The first-order valence-electron chi connectivity index (χ1n) is 11.9. The largest absolute Gasteiger partial charge is 0.487 e. The molecule has 0 saturated heterocycles. The van der Waals surface area contributed by atoms with Gasteiger partial charge >= 0.3 is 0 Å². The van der Waals surface area contributed by atoms with Crippen LogP contribution in [0.3, 0.4) is 0 Å². The Morgan fingerprint density at radius 1 is 1.31 bits per heavy atom. The number of aliphatic hydroxyl groups excluding tert-OH is 1. The second-order valence-electron chi connectivity index (χ2n) is 9.41. The third kappa shape index (κ3) is 5.85. The summed E-state index contributed by atoms with van der Waals surface area (Å²) >= 11 is 0. The van der Waals surface area contributed by atoms with Crippen LogP contribution < -0.4 is 4.74 Å². The van der Waals surface area contributed by atoms with Crippen molar-refractivity contribution in [3.63, 3.8) is 0 Å². The molecule has 0 bridgehead atoms. The quantitative estimate of drug-likeness (QED) is 0.657. The van der Waals surface area contributed by atoms with Gasteiger partial charge in [0.05, 0.1) is 6.61 Å². The average Bonchev–Trinajstić information content (AvgIpc) is 3.28. The molecule has 6 nitrogen and oxygen atoms in total. The van der Waals surface area contributed by atoms with E-state index in [4.69, 9.17) is 4.74 Å². The predicted molar refractivity (Wildman–Crippen MR) is 127 cm³/mol. The van der Waals surface area contributed by atoms with Crippen LogP contribution >= 0.6 is 0 Å². The number of benzene rings is 1. The number of hydrogen-bond donors (Lipinski definition) is 1. The van der Waals surface area contributed by atoms with Crippen LogP contribution in [0, 0.1) is 23.7 Å². The van der Waals surface area contributed by atoms with Gasteiger partial charge in [-0.05, 0) is 58.0 Å². The molecule has 1 saturated carbocycles. The van der Waals surface area contributed by atoms with E-state index in [0.29, 0.717) is 24.8 Å². The Kier molecular flexibility index (Phi) is 8.62. The molecular formula is C25H38N2O4S. The van der Waals surface area contributed by atoms with Crippen molar-refractivity contribution in [2.75, 3.05) is 33.3 Å². The normalized spacial score (nSPS) is 24.7. The Morgan fingerprint density at radius 2 is 2.03 bits per heavy atom.